The summed E-state index contributed by atoms with van der Waals surface area (Å²) in [5, 5.41) is 52.2. The van der Waals surface area contributed by atoms with Crippen LogP contribution in [0.1, 0.15) is 324 Å². The topological polar surface area (TPSA) is 380 Å². The van der Waals surface area contributed by atoms with Gasteiger partial charge in [0.15, 0.2) is 12.2 Å². The molecule has 10 N–H and O–H groups in total. The molecule has 0 saturated heterocycles. The Balaban J connectivity index is 5.72. The van der Waals surface area contributed by atoms with Crippen LogP contribution in [0.3, 0.4) is 0 Å². The Morgan fingerprint density at radius 1 is 0.358 bits per heavy atom. The fraction of sp³-hybridized carbons (Fsp3) is 0.872. The molecule has 26 nitrogen and oxygen atoms in total. The highest BCUT2D eigenvalue weighted by Gasteiger charge is 2.32. The molecule has 4 unspecified atom stereocenters. The van der Waals surface area contributed by atoms with E-state index in [1.807, 2.05) is 0 Å². The molecule has 0 aliphatic rings. The van der Waals surface area contributed by atoms with Crippen molar-refractivity contribution in [2.45, 2.75) is 373 Å². The van der Waals surface area contributed by atoms with Crippen LogP contribution in [0.25, 0.3) is 0 Å². The molecular weight excluding hydrogens is 1410 g/mol. The highest BCUT2D eigenvalue weighted by atomic mass is 31.2. The average molecular weight is 1560 g/mol. The van der Waals surface area contributed by atoms with Gasteiger partial charge in [0, 0.05) is 39.1 Å². The van der Waals surface area contributed by atoms with E-state index in [1.54, 1.807) is 0 Å². The van der Waals surface area contributed by atoms with E-state index in [2.05, 4.69) is 87.1 Å². The molecule has 0 saturated carbocycles. The number of hydrogen-bond acceptors (Lipinski definition) is 20. The minimum absolute atomic E-state index is 0.111. The van der Waals surface area contributed by atoms with Gasteiger partial charge in [-0.3, -0.25) is 46.9 Å². The summed E-state index contributed by atoms with van der Waals surface area (Å²) in [7, 11) is -9.82. The predicted octanol–water partition coefficient (Wildman–Crippen LogP) is 14.2. The van der Waals surface area contributed by atoms with Crippen LogP contribution in [0.15, 0.2) is 24.3 Å². The highest BCUT2D eigenvalue weighted by molar-refractivity contribution is 7.47. The number of phosphoric ester groups is 2. The maximum absolute atomic E-state index is 13.7. The van der Waals surface area contributed by atoms with Crippen LogP contribution in [0, 0.1) is 0 Å². The number of carbonyl (C=O) groups excluding carboxylic acids is 6. The number of esters is 2. The number of aliphatic hydroxyl groups excluding tert-OH is 4. The fourth-order valence-corrected chi connectivity index (χ4v) is 13.0. The van der Waals surface area contributed by atoms with Crippen LogP contribution >= 0.6 is 15.6 Å². The van der Waals surface area contributed by atoms with E-state index < -0.39 is 139 Å². The van der Waals surface area contributed by atoms with Gasteiger partial charge >= 0.3 is 27.6 Å². The van der Waals surface area contributed by atoms with Gasteiger partial charge in [0.2, 0.25) is 11.8 Å². The van der Waals surface area contributed by atoms with E-state index in [-0.39, 0.29) is 52.1 Å². The van der Waals surface area contributed by atoms with Crippen LogP contribution in [-0.2, 0) is 74.9 Å². The summed E-state index contributed by atoms with van der Waals surface area (Å²) in [6.07, 6.45) is 37.6. The second-order valence-corrected chi connectivity index (χ2v) is 31.0. The number of carbonyl (C=O) groups is 6. The Kier molecular flexibility index (Phi) is 67.9. The molecule has 106 heavy (non-hydrogen) atoms. The molecule has 0 aliphatic carbocycles. The van der Waals surface area contributed by atoms with E-state index in [9.17, 15) is 68.1 Å². The number of allylic oxidation sites excluding steroid dienone is 4. The molecule has 0 aromatic rings. The summed E-state index contributed by atoms with van der Waals surface area (Å²) in [5.74, 6) is -4.42. The summed E-state index contributed by atoms with van der Waals surface area (Å²) >= 11 is 0. The lowest BCUT2D eigenvalue weighted by atomic mass is 10.1. The summed E-state index contributed by atoms with van der Waals surface area (Å²) in [4.78, 5) is 100. The molecule has 0 aromatic carbocycles. The van der Waals surface area contributed by atoms with Crippen molar-refractivity contribution >= 4 is 51.2 Å². The van der Waals surface area contributed by atoms with Crippen LogP contribution in [0.4, 0.5) is 0 Å². The minimum atomic E-state index is -4.91. The molecule has 0 aliphatic heterocycles. The Bertz CT molecular complexity index is 2190. The fourth-order valence-electron chi connectivity index (χ4n) is 11.4. The minimum Gasteiger partial charge on any atom is -0.462 e. The number of aliphatic hydroxyl groups is 4. The zero-order valence-electron chi connectivity index (χ0n) is 66.2. The number of phosphoric acid groups is 2. The van der Waals surface area contributed by atoms with Crippen LogP contribution in [0.5, 0.6) is 0 Å². The molecule has 4 amide bonds. The van der Waals surface area contributed by atoms with E-state index in [0.29, 0.717) is 51.4 Å². The number of rotatable bonds is 77. The molecule has 28 heteroatoms. The Morgan fingerprint density at radius 2 is 0.660 bits per heavy atom. The first kappa shape index (κ1) is 102. The van der Waals surface area contributed by atoms with Crippen molar-refractivity contribution in [3.8, 4) is 0 Å². The lowest BCUT2D eigenvalue weighted by Crippen LogP contribution is -2.50. The van der Waals surface area contributed by atoms with Crippen LogP contribution in [-0.4, -0.2) is 180 Å². The lowest BCUT2D eigenvalue weighted by molar-refractivity contribution is -0.152. The third-order valence-corrected chi connectivity index (χ3v) is 19.8. The first-order valence-corrected chi connectivity index (χ1v) is 44.0. The van der Waals surface area contributed by atoms with Crippen molar-refractivity contribution in [1.82, 2.24) is 21.3 Å². The van der Waals surface area contributed by atoms with Gasteiger partial charge < -0.3 is 70.4 Å². The molecule has 622 valence electrons. The average Bonchev–Trinajstić information content (AvgIpc) is 0.903. The Morgan fingerprint density at radius 3 is 0.991 bits per heavy atom. The number of amides is 4. The Hall–Kier alpha value is -3.72. The quantitative estimate of drug-likeness (QED) is 0.0117. The van der Waals surface area contributed by atoms with E-state index in [0.717, 1.165) is 167 Å². The molecule has 0 spiro atoms. The van der Waals surface area contributed by atoms with Crippen molar-refractivity contribution in [3.63, 3.8) is 0 Å². The lowest BCUT2D eigenvalue weighted by Gasteiger charge is -2.23. The van der Waals surface area contributed by atoms with Gasteiger partial charge in [-0.2, -0.15) is 0 Å². The molecule has 0 rings (SSSR count). The molecular formula is C78H148N4O22P2. The van der Waals surface area contributed by atoms with Gasteiger partial charge in [0.1, 0.15) is 12.2 Å². The number of nitrogens with one attached hydrogen (secondary N) is 4. The molecule has 0 aromatic heterocycles. The largest absolute Gasteiger partial charge is 0.472 e. The van der Waals surface area contributed by atoms with Crippen molar-refractivity contribution in [3.05, 3.63) is 24.3 Å². The predicted molar refractivity (Wildman–Crippen MR) is 414 cm³/mol. The van der Waals surface area contributed by atoms with E-state index in [1.165, 1.54) is 38.5 Å². The van der Waals surface area contributed by atoms with Gasteiger partial charge in [0.05, 0.1) is 76.8 Å². The first-order valence-electron chi connectivity index (χ1n) is 41.0. The standard InChI is InChI=1S/C78H148N4O22P2/c1-7-13-19-25-27-29-31-37-43-49-73(87)103-69(47-41-35-23-17-11-5)59-71(85)81-65(61-97-55-51-67(83)45-39-33-21-15-9-3)63-101-105(93,94)99-57-53-79-77(91)75(89)76(90)78(92)80-54-58-100-106(95,96)102-64-66(62-98-56-52-68(84)46-40-34-22-16-10-4)82-72(86)60-70(48-42-36-24-18-12-6)104-74(88)50-44-38-32-30-28-26-20-14-8-2/h29-32,65-70,75-76,83-84,89-90H,7-28,33-64H2,1-6H3,(H,79,91)(H,80,92)(H,81,85)(H,82,86)(H,93,94)(H,95,96)/b31-29+,32-30+/t65?,66?,67-,68-,69-,70+,75+,76+/m1/s1. The van der Waals surface area contributed by atoms with Crippen molar-refractivity contribution in [2.75, 3.05) is 65.9 Å². The smallest absolute Gasteiger partial charge is 0.462 e. The number of ether oxygens (including phenoxy) is 4. The normalized spacial score (nSPS) is 15.2. The molecule has 0 radical (unpaired) electrons. The maximum Gasteiger partial charge on any atom is 0.472 e. The third kappa shape index (κ3) is 64.0. The third-order valence-electron chi connectivity index (χ3n) is 17.8. The number of hydrogen-bond donors (Lipinski definition) is 10. The van der Waals surface area contributed by atoms with Gasteiger partial charge in [-0.1, -0.05) is 220 Å². The molecule has 0 heterocycles. The second kappa shape index (κ2) is 70.4. The van der Waals surface area contributed by atoms with E-state index >= 15 is 0 Å². The zero-order chi connectivity index (χ0) is 78.6. The van der Waals surface area contributed by atoms with Crippen molar-refractivity contribution < 1.29 is 105 Å². The molecule has 0 fully saturated rings. The van der Waals surface area contributed by atoms with Crippen LogP contribution < -0.4 is 21.3 Å². The zero-order valence-corrected chi connectivity index (χ0v) is 68.0. The molecule has 0 bridgehead atoms. The summed E-state index contributed by atoms with van der Waals surface area (Å²) in [6, 6.07) is -2.02. The highest BCUT2D eigenvalue weighted by Crippen LogP contribution is 2.44. The Labute approximate surface area is 637 Å². The van der Waals surface area contributed by atoms with Crippen LogP contribution in [0.2, 0.25) is 0 Å². The van der Waals surface area contributed by atoms with Gasteiger partial charge in [-0.05, 0) is 103 Å². The molecule has 10 atom stereocenters. The summed E-state index contributed by atoms with van der Waals surface area (Å²) in [5.41, 5.74) is 0. The van der Waals surface area contributed by atoms with Gasteiger partial charge in [-0.15, -0.1) is 0 Å². The number of unbranched alkanes of at least 4 members (excludes halogenated alkanes) is 26. The van der Waals surface area contributed by atoms with Gasteiger partial charge in [-0.25, -0.2) is 9.13 Å². The summed E-state index contributed by atoms with van der Waals surface area (Å²) in [6.45, 7) is 9.09. The summed E-state index contributed by atoms with van der Waals surface area (Å²) < 4.78 is 70.3. The second-order valence-electron chi connectivity index (χ2n) is 28.1. The van der Waals surface area contributed by atoms with Crippen molar-refractivity contribution in [1.29, 1.82) is 0 Å². The monoisotopic (exact) mass is 1560 g/mol. The van der Waals surface area contributed by atoms with E-state index in [4.69, 9.17) is 37.0 Å². The maximum atomic E-state index is 13.7. The first-order chi connectivity index (χ1) is 51.0. The van der Waals surface area contributed by atoms with Crippen molar-refractivity contribution in [2.24, 2.45) is 0 Å². The SMILES string of the molecule is CCCCCC/C=C/CCCC(=O)O[C@H](CCCCCCC)CC(=O)NC(COCC[C@H](O)CCCCCCC)COP(=O)(O)OCCNC(=O)[C@@H](O)[C@H](O)C(=O)NCCOP(=O)(O)OCC(COCC[C@H](O)CCCCCCC)NC(=O)C[C@H](CCCCCCC)OC(=O)CCC/C=C/CCCCCC. The van der Waals surface area contributed by atoms with Gasteiger partial charge in [0.25, 0.3) is 11.8 Å².